The molecule has 13 atom stereocenters. The first-order valence-electron chi connectivity index (χ1n) is 28.9. The topological polar surface area (TPSA) is 526 Å². The molecule has 31 nitrogen and oxygen atoms in total. The number of benzene rings is 1. The first-order chi connectivity index (χ1) is 40.8. The van der Waals surface area contributed by atoms with E-state index in [0.29, 0.717) is 22.9 Å². The largest absolute Gasteiger partial charge is 0.481 e. The lowest BCUT2D eigenvalue weighted by molar-refractivity contribution is -0.145. The van der Waals surface area contributed by atoms with E-state index in [1.54, 1.807) is 85.9 Å². The lowest BCUT2D eigenvalue weighted by Gasteiger charge is -2.30. The number of hydrogen-bond acceptors (Lipinski definition) is 16. The molecule has 486 valence electrons. The highest BCUT2D eigenvalue weighted by molar-refractivity contribution is 6.00. The van der Waals surface area contributed by atoms with Gasteiger partial charge in [-0.05, 0) is 67.9 Å². The molecule has 2 rings (SSSR count). The van der Waals surface area contributed by atoms with E-state index < -0.39 is 187 Å². The number of aliphatic hydroxyl groups is 2. The lowest BCUT2D eigenvalue weighted by Crippen LogP contribution is -2.62. The number of aromatic amines is 1. The average molecular weight is 1230 g/mol. The van der Waals surface area contributed by atoms with Crippen LogP contribution in [-0.2, 0) is 64.0 Å². The van der Waals surface area contributed by atoms with Gasteiger partial charge in [0.2, 0.25) is 59.1 Å². The lowest BCUT2D eigenvalue weighted by atomic mass is 9.96. The molecule has 1 aromatic heterocycles. The first kappa shape index (κ1) is 74.6. The van der Waals surface area contributed by atoms with Crippen LogP contribution in [0.5, 0.6) is 0 Å². The number of guanidine groups is 1. The number of rotatable bonds is 39. The molecule has 0 aliphatic carbocycles. The number of nitrogens with one attached hydrogen (secondary N) is 10. The Morgan fingerprint density at radius 1 is 0.575 bits per heavy atom. The number of aliphatic carboxylic acids is 2. The van der Waals surface area contributed by atoms with Crippen LogP contribution in [0, 0.1) is 23.7 Å². The van der Waals surface area contributed by atoms with Crippen molar-refractivity contribution >= 4 is 87.9 Å². The van der Waals surface area contributed by atoms with Crippen molar-refractivity contribution in [1.82, 2.24) is 52.8 Å². The maximum Gasteiger partial charge on any atom is 0.328 e. The molecule has 0 saturated heterocycles. The Balaban J connectivity index is 2.60. The number of amides is 10. The maximum absolute atomic E-state index is 14.6. The summed E-state index contributed by atoms with van der Waals surface area (Å²) in [7, 11) is 0. The fraction of sp³-hybridized carbons (Fsp3) is 0.625. The fourth-order valence-corrected chi connectivity index (χ4v) is 8.91. The second-order valence-corrected chi connectivity index (χ2v) is 22.4. The summed E-state index contributed by atoms with van der Waals surface area (Å²) in [6.45, 7) is 13.7. The molecule has 31 heteroatoms. The van der Waals surface area contributed by atoms with Gasteiger partial charge in [0.25, 0.3) is 0 Å². The zero-order chi connectivity index (χ0) is 66.0. The van der Waals surface area contributed by atoms with Gasteiger partial charge >= 0.3 is 11.9 Å². The van der Waals surface area contributed by atoms with E-state index in [1.165, 1.54) is 0 Å². The average Bonchev–Trinajstić information content (AvgIpc) is 2.29. The van der Waals surface area contributed by atoms with Crippen molar-refractivity contribution in [2.75, 3.05) is 13.2 Å². The van der Waals surface area contributed by atoms with E-state index in [4.69, 9.17) is 22.9 Å². The third kappa shape index (κ3) is 24.8. The number of carbonyl (C=O) groups excluding carboxylic acids is 10. The van der Waals surface area contributed by atoms with E-state index in [2.05, 4.69) is 57.8 Å². The van der Waals surface area contributed by atoms with Crippen molar-refractivity contribution in [2.45, 2.75) is 187 Å². The highest BCUT2D eigenvalue weighted by Gasteiger charge is 2.38. The number of primary amides is 1. The zero-order valence-electron chi connectivity index (χ0n) is 50.8. The van der Waals surface area contributed by atoms with Gasteiger partial charge in [-0.25, -0.2) is 4.79 Å². The SMILES string of the molecule is CC[C@H](C)[C@H](NC(=O)[C@H](CCCN=C(N)N)NC(=O)[C@H](CCC(=O)O)NC(=O)[C@H](CC(C)C)NC(=O)[C@H](CC(N)=O)NC(=O)[C@H](Cc1c[nH]c2ccccc12)NC(=O)[C@@H](NC(=O)[C@@H](NC(=O)[C@@H](N)CO)[C@@H](C)CC)C(C)C)C(=O)N[C@H](C(=O)O)[C@@H](C)O. The molecule has 0 fully saturated rings. The van der Waals surface area contributed by atoms with E-state index in [1.807, 2.05) is 0 Å². The van der Waals surface area contributed by atoms with Crippen LogP contribution in [0.4, 0.5) is 0 Å². The minimum Gasteiger partial charge on any atom is -0.481 e. The van der Waals surface area contributed by atoms with Gasteiger partial charge in [0, 0.05) is 36.5 Å². The molecular formula is C56H91N15O16. The van der Waals surface area contributed by atoms with E-state index >= 15 is 0 Å². The van der Waals surface area contributed by atoms with Crippen LogP contribution in [0.25, 0.3) is 10.9 Å². The molecule has 0 saturated carbocycles. The quantitative estimate of drug-likeness (QED) is 0.0175. The number of aliphatic imine (C=N–C) groups is 1. The third-order valence-electron chi connectivity index (χ3n) is 14.4. The minimum atomic E-state index is -1.83. The molecule has 0 aliphatic rings. The monoisotopic (exact) mass is 1230 g/mol. The number of fused-ring (bicyclic) bond motifs is 1. The van der Waals surface area contributed by atoms with Crippen LogP contribution in [0.15, 0.2) is 35.5 Å². The number of carboxylic acid groups (broad SMARTS) is 2. The van der Waals surface area contributed by atoms with Crippen LogP contribution in [0.1, 0.15) is 119 Å². The van der Waals surface area contributed by atoms with Crippen molar-refractivity contribution in [3.8, 4) is 0 Å². The molecular weight excluding hydrogens is 1140 g/mol. The van der Waals surface area contributed by atoms with Crippen molar-refractivity contribution in [3.63, 3.8) is 0 Å². The Hall–Kier alpha value is -8.45. The van der Waals surface area contributed by atoms with Gasteiger partial charge in [-0.1, -0.05) is 86.4 Å². The summed E-state index contributed by atoms with van der Waals surface area (Å²) >= 11 is 0. The van der Waals surface area contributed by atoms with Gasteiger partial charge in [-0.15, -0.1) is 0 Å². The molecule has 0 spiro atoms. The number of carboxylic acids is 2. The van der Waals surface area contributed by atoms with Crippen molar-refractivity contribution in [1.29, 1.82) is 0 Å². The van der Waals surface area contributed by atoms with Gasteiger partial charge in [-0.2, -0.15) is 0 Å². The summed E-state index contributed by atoms with van der Waals surface area (Å²) in [6.07, 6.45) is -1.99. The van der Waals surface area contributed by atoms with E-state index in [-0.39, 0.29) is 44.6 Å². The number of carbonyl (C=O) groups is 12. The summed E-state index contributed by atoms with van der Waals surface area (Å²) in [6, 6.07) is -8.28. The summed E-state index contributed by atoms with van der Waals surface area (Å²) in [4.78, 5) is 170. The molecule has 10 amide bonds. The van der Waals surface area contributed by atoms with E-state index in [0.717, 1.165) is 6.92 Å². The highest BCUT2D eigenvalue weighted by atomic mass is 16.4. The first-order valence-corrected chi connectivity index (χ1v) is 28.9. The van der Waals surface area contributed by atoms with E-state index in [9.17, 15) is 78.0 Å². The normalized spacial score (nSPS) is 15.8. The van der Waals surface area contributed by atoms with Gasteiger partial charge in [0.1, 0.15) is 54.4 Å². The second-order valence-electron chi connectivity index (χ2n) is 22.4. The molecule has 0 aliphatic heterocycles. The Kier molecular flexibility index (Phi) is 31.3. The molecule has 2 aromatic rings. The van der Waals surface area contributed by atoms with Gasteiger partial charge < -0.3 is 96.2 Å². The molecule has 22 N–H and O–H groups in total. The molecule has 87 heavy (non-hydrogen) atoms. The number of H-pyrrole nitrogens is 1. The Morgan fingerprint density at radius 3 is 1.54 bits per heavy atom. The molecule has 0 radical (unpaired) electrons. The second kappa shape index (κ2) is 36.5. The minimum absolute atomic E-state index is 0.0362. The smallest absolute Gasteiger partial charge is 0.328 e. The summed E-state index contributed by atoms with van der Waals surface area (Å²) < 4.78 is 0. The Bertz CT molecular complexity index is 2730. The molecule has 1 heterocycles. The zero-order valence-corrected chi connectivity index (χ0v) is 50.8. The number of nitrogens with zero attached hydrogens (tertiary/aromatic N) is 1. The molecule has 0 unspecified atom stereocenters. The summed E-state index contributed by atoms with van der Waals surface area (Å²) in [5.74, 6) is -15.2. The highest BCUT2D eigenvalue weighted by Crippen LogP contribution is 2.21. The molecule has 1 aromatic carbocycles. The van der Waals surface area contributed by atoms with Gasteiger partial charge in [-0.3, -0.25) is 57.7 Å². The maximum atomic E-state index is 14.6. The van der Waals surface area contributed by atoms with Crippen LogP contribution >= 0.6 is 0 Å². The van der Waals surface area contributed by atoms with Gasteiger partial charge in [0.15, 0.2) is 12.0 Å². The fourth-order valence-electron chi connectivity index (χ4n) is 8.91. The van der Waals surface area contributed by atoms with Gasteiger partial charge in [0.05, 0.1) is 19.1 Å². The van der Waals surface area contributed by atoms with Crippen LogP contribution in [-0.4, -0.2) is 182 Å². The summed E-state index contributed by atoms with van der Waals surface area (Å²) in [5, 5.41) is 62.0. The van der Waals surface area contributed by atoms with Crippen molar-refractivity contribution < 1.29 is 78.0 Å². The van der Waals surface area contributed by atoms with Crippen LogP contribution in [0.3, 0.4) is 0 Å². The Labute approximate surface area is 504 Å². The number of aliphatic hydroxyl groups excluding tert-OH is 2. The molecule has 0 bridgehead atoms. The number of hydrogen-bond donors (Lipinski definition) is 18. The number of nitrogens with two attached hydrogens (primary N) is 4. The number of aromatic nitrogens is 1. The van der Waals surface area contributed by atoms with Crippen molar-refractivity contribution in [2.24, 2.45) is 51.6 Å². The summed E-state index contributed by atoms with van der Waals surface area (Å²) in [5.41, 5.74) is 23.5. The predicted octanol–water partition coefficient (Wildman–Crippen LogP) is -3.55. The van der Waals surface area contributed by atoms with Crippen molar-refractivity contribution in [3.05, 3.63) is 36.0 Å². The standard InChI is InChI=1S/C56H91N15O16/c1-10-28(7)43(69-46(77)33(57)25-72)53(84)68-42(27(5)6)52(83)67-38(22-31-24-62-34-16-13-12-15-32(31)34)50(81)66-39(23-40(58)74)51(82)65-37(21-26(3)4)49(80)64-36(18-19-41(75)76)47(78)63-35(17-14-20-61-56(59)60)48(79)70-44(29(8)11-2)54(85)71-45(30(9)73)55(86)87/h12-13,15-16,24,26-30,33,35-39,42-45,62,72-73H,10-11,14,17-23,25,57H2,1-9H3,(H2,58,74)(H,63,78)(H,64,80)(H,65,82)(H,66,81)(H,67,83)(H,68,84)(H,69,77)(H,70,79)(H,71,85)(H,75,76)(H,86,87)(H4,59,60,61)/t28-,29-,30+,33-,35-,36-,37-,38-,39-,42-,43-,44-,45-/m0/s1. The van der Waals surface area contributed by atoms with Crippen LogP contribution in [0.2, 0.25) is 0 Å². The Morgan fingerprint density at radius 2 is 1.03 bits per heavy atom. The number of para-hydroxylation sites is 1. The predicted molar refractivity (Wildman–Crippen MR) is 318 cm³/mol. The van der Waals surface area contributed by atoms with Crippen LogP contribution < -0.4 is 70.8 Å². The third-order valence-corrected chi connectivity index (χ3v) is 14.4.